The van der Waals surface area contributed by atoms with Crippen molar-refractivity contribution in [2.24, 2.45) is 0 Å². The molecule has 0 aliphatic heterocycles. The van der Waals surface area contributed by atoms with E-state index in [2.05, 4.69) is 0 Å². The molecule has 0 amide bonds. The molecule has 0 aliphatic carbocycles. The standard InChI is InChI=1S/Co.O4P2Se/c;1-5(2)7-6(3)4. The van der Waals surface area contributed by atoms with Gasteiger partial charge in [0.15, 0.2) is 0 Å². The van der Waals surface area contributed by atoms with Gasteiger partial charge in [-0.2, -0.15) is 0 Å². The quantitative estimate of drug-likeness (QED) is 0.548. The molecule has 0 N–H and O–H groups in total. The van der Waals surface area contributed by atoms with Gasteiger partial charge >= 0.3 is 45.1 Å². The third-order valence-corrected chi connectivity index (χ3v) is 6.24. The van der Waals surface area contributed by atoms with Gasteiger partial charge in [0.1, 0.15) is 0 Å². The fourth-order valence-electron chi connectivity index (χ4n) is 0.0544. The van der Waals surface area contributed by atoms with E-state index in [4.69, 9.17) is 0 Å². The molecule has 0 rings (SSSR count). The average molecular weight is 264 g/mol. The first-order chi connectivity index (χ1) is 3.13. The second-order valence-electron chi connectivity index (χ2n) is 0.529. The predicted octanol–water partition coefficient (Wildman–Crippen LogP) is 0.864. The molecular formula is CoO4P2Se. The van der Waals surface area contributed by atoms with E-state index in [-0.39, 0.29) is 16.8 Å². The molecule has 0 unspecified atom stereocenters. The van der Waals surface area contributed by atoms with E-state index < -0.39 is 26.8 Å². The predicted molar refractivity (Wildman–Crippen MR) is 22.3 cm³/mol. The van der Waals surface area contributed by atoms with Crippen LogP contribution in [0.2, 0.25) is 0 Å². The molecule has 0 aliphatic rings. The van der Waals surface area contributed by atoms with Crippen molar-refractivity contribution in [2.45, 2.75) is 0 Å². The average Bonchev–Trinajstić information content (AvgIpc) is 1.27. The summed E-state index contributed by atoms with van der Waals surface area (Å²) in [6.07, 6.45) is -5.35. The maximum absolute atomic E-state index is 9.49. The molecule has 0 aromatic carbocycles. The zero-order chi connectivity index (χ0) is 5.86. The van der Waals surface area contributed by atoms with E-state index in [9.17, 15) is 18.3 Å². The minimum atomic E-state index is -2.67. The van der Waals surface area contributed by atoms with Gasteiger partial charge in [-0.15, -0.1) is 0 Å². The van der Waals surface area contributed by atoms with E-state index >= 15 is 0 Å². The van der Waals surface area contributed by atoms with Crippen LogP contribution in [0, 0.1) is 0 Å². The number of hydrogen-bond acceptors (Lipinski definition) is 4. The third kappa shape index (κ3) is 9.95. The molecule has 8 heteroatoms. The van der Waals surface area contributed by atoms with Gasteiger partial charge in [0.05, 0.1) is 0 Å². The van der Waals surface area contributed by atoms with Crippen molar-refractivity contribution < 1.29 is 35.0 Å². The van der Waals surface area contributed by atoms with Crippen LogP contribution in [0.15, 0.2) is 0 Å². The Morgan fingerprint density at radius 2 is 1.12 bits per heavy atom. The summed E-state index contributed by atoms with van der Waals surface area (Å²) < 4.78 is 38.0. The van der Waals surface area contributed by atoms with Gasteiger partial charge in [-0.05, 0) is 0 Å². The number of rotatable bonds is 2. The summed E-state index contributed by atoms with van der Waals surface area (Å²) in [5.74, 6) is 0. The van der Waals surface area contributed by atoms with Crippen LogP contribution in [0.4, 0.5) is 0 Å². The Morgan fingerprint density at radius 3 is 1.12 bits per heavy atom. The minimum absolute atomic E-state index is 0. The Bertz CT molecular complexity index is 142. The van der Waals surface area contributed by atoms with Crippen molar-refractivity contribution in [3.8, 4) is 0 Å². The van der Waals surface area contributed by atoms with E-state index in [0.29, 0.717) is 0 Å². The molecule has 0 bridgehead atoms. The number of hydrogen-bond donors (Lipinski definition) is 0. The summed E-state index contributed by atoms with van der Waals surface area (Å²) in [6.45, 7) is 0. The molecule has 4 nitrogen and oxygen atoms in total. The topological polar surface area (TPSA) is 68.3 Å². The third-order valence-electron chi connectivity index (χ3n) is 0.133. The molecule has 8 heavy (non-hydrogen) atoms. The van der Waals surface area contributed by atoms with Crippen molar-refractivity contribution >= 4 is 26.8 Å². The van der Waals surface area contributed by atoms with Crippen molar-refractivity contribution in [3.63, 3.8) is 0 Å². The van der Waals surface area contributed by atoms with Gasteiger partial charge < -0.3 is 0 Å². The molecule has 49 valence electrons. The van der Waals surface area contributed by atoms with E-state index in [0.717, 1.165) is 0 Å². The van der Waals surface area contributed by atoms with E-state index in [1.807, 2.05) is 0 Å². The Hall–Kier alpha value is 0.826. The first-order valence-electron chi connectivity index (χ1n) is 1.10. The maximum atomic E-state index is 9.49. The van der Waals surface area contributed by atoms with Gasteiger partial charge in [0.2, 0.25) is 0 Å². The molecule has 0 saturated heterocycles. The van der Waals surface area contributed by atoms with Gasteiger partial charge in [-0.25, -0.2) is 0 Å². The summed E-state index contributed by atoms with van der Waals surface area (Å²) in [6, 6.07) is 0. The summed E-state index contributed by atoms with van der Waals surface area (Å²) in [4.78, 5) is 0. The maximum Gasteiger partial charge on any atom is 0 e. The molecule has 0 saturated carbocycles. The van der Waals surface area contributed by atoms with Crippen LogP contribution in [0.1, 0.15) is 0 Å². The molecule has 0 aromatic rings. The minimum Gasteiger partial charge on any atom is 0 e. The van der Waals surface area contributed by atoms with Crippen molar-refractivity contribution in [1.29, 1.82) is 0 Å². The monoisotopic (exact) mass is 265 g/mol. The molecule has 0 spiro atoms. The van der Waals surface area contributed by atoms with Crippen LogP contribution in [-0.4, -0.2) is 14.1 Å². The SMILES string of the molecule is O=P(=O)[Se]P(=O)=O.[Co]. The second kappa shape index (κ2) is 5.95. The van der Waals surface area contributed by atoms with Crippen LogP contribution in [0.3, 0.4) is 0 Å². The smallest absolute Gasteiger partial charge is 0 e. The molecule has 0 aromatic heterocycles. The van der Waals surface area contributed by atoms with Gasteiger partial charge in [0, 0.05) is 16.8 Å². The largest absolute Gasteiger partial charge is 0 e. The summed E-state index contributed by atoms with van der Waals surface area (Å²) in [5.41, 5.74) is 0. The Labute approximate surface area is 62.0 Å². The summed E-state index contributed by atoms with van der Waals surface area (Å²) in [7, 11) is 0. The molecule has 0 heterocycles. The van der Waals surface area contributed by atoms with Crippen molar-refractivity contribution in [3.05, 3.63) is 0 Å². The second-order valence-corrected chi connectivity index (χ2v) is 8.91. The van der Waals surface area contributed by atoms with E-state index in [1.165, 1.54) is 0 Å². The molecule has 0 atom stereocenters. The van der Waals surface area contributed by atoms with Crippen LogP contribution < -0.4 is 0 Å². The van der Waals surface area contributed by atoms with Gasteiger partial charge in [-0.1, -0.05) is 0 Å². The fourth-order valence-corrected chi connectivity index (χ4v) is 2.55. The van der Waals surface area contributed by atoms with Gasteiger partial charge in [0.25, 0.3) is 0 Å². The van der Waals surface area contributed by atoms with E-state index in [1.54, 1.807) is 0 Å². The molecule has 1 radical (unpaired) electrons. The van der Waals surface area contributed by atoms with Gasteiger partial charge in [-0.3, -0.25) is 0 Å². The van der Waals surface area contributed by atoms with Crippen LogP contribution in [0.5, 0.6) is 0 Å². The van der Waals surface area contributed by atoms with Crippen molar-refractivity contribution in [2.75, 3.05) is 0 Å². The first kappa shape index (κ1) is 11.6. The zero-order valence-electron chi connectivity index (χ0n) is 3.27. The Kier molecular flexibility index (Phi) is 8.63. The Morgan fingerprint density at radius 1 is 0.875 bits per heavy atom. The van der Waals surface area contributed by atoms with Crippen molar-refractivity contribution in [1.82, 2.24) is 0 Å². The first-order valence-corrected chi connectivity index (χ1v) is 7.88. The normalized spacial score (nSPS) is 7.00. The summed E-state index contributed by atoms with van der Waals surface area (Å²) >= 11 is -1.22. The molecular weight excluding hydrogens is 264 g/mol. The van der Waals surface area contributed by atoms with Crippen LogP contribution in [0.25, 0.3) is 0 Å². The fraction of sp³-hybridized carbons (Fsp3) is 0. The summed E-state index contributed by atoms with van der Waals surface area (Å²) in [5, 5.41) is 0. The Balaban J connectivity index is 0. The zero-order valence-corrected chi connectivity index (χ0v) is 7.81. The van der Waals surface area contributed by atoms with Crippen LogP contribution in [-0.2, 0) is 35.0 Å². The molecule has 0 fully saturated rings. The van der Waals surface area contributed by atoms with Crippen LogP contribution >= 0.6 is 12.7 Å².